The van der Waals surface area contributed by atoms with Crippen molar-refractivity contribution >= 4 is 5.97 Å². The highest BCUT2D eigenvalue weighted by Gasteiger charge is 2.55. The van der Waals surface area contributed by atoms with E-state index in [2.05, 4.69) is 20.8 Å². The summed E-state index contributed by atoms with van der Waals surface area (Å²) in [6, 6.07) is 8.79. The molecule has 0 saturated heterocycles. The number of esters is 1. The number of allylic oxidation sites excluding steroid dienone is 1. The van der Waals surface area contributed by atoms with Crippen molar-refractivity contribution in [2.24, 2.45) is 22.7 Å². The molecule has 6 atom stereocenters. The number of carbonyl (C=O) groups is 1. The Morgan fingerprint density at radius 1 is 1.16 bits per heavy atom. The number of fused-ring (bicyclic) bond motifs is 3. The van der Waals surface area contributed by atoms with Crippen molar-refractivity contribution in [1.29, 1.82) is 0 Å². The van der Waals surface area contributed by atoms with Crippen LogP contribution in [0.15, 0.2) is 53.1 Å². The molecule has 3 N–H and O–H groups in total. The fourth-order valence-corrected chi connectivity index (χ4v) is 6.21. The Hall–Kier alpha value is -1.95. The molecule has 0 aliphatic heterocycles. The highest BCUT2D eigenvalue weighted by Crippen LogP contribution is 2.63. The molecular weight excluding hydrogens is 404 g/mol. The minimum Gasteiger partial charge on any atom is -0.457 e. The minimum absolute atomic E-state index is 0.0244. The molecule has 1 fully saturated rings. The van der Waals surface area contributed by atoms with Crippen LogP contribution in [0.1, 0.15) is 63.2 Å². The molecule has 0 bridgehead atoms. The van der Waals surface area contributed by atoms with Gasteiger partial charge in [-0.2, -0.15) is 0 Å². The number of hydrogen-bond acceptors (Lipinski definition) is 5. The van der Waals surface area contributed by atoms with Gasteiger partial charge in [0.05, 0.1) is 17.8 Å². The van der Waals surface area contributed by atoms with Crippen LogP contribution in [0.3, 0.4) is 0 Å². The summed E-state index contributed by atoms with van der Waals surface area (Å²) in [5.41, 5.74) is 3.35. The summed E-state index contributed by atoms with van der Waals surface area (Å²) >= 11 is 0. The molecule has 32 heavy (non-hydrogen) atoms. The van der Waals surface area contributed by atoms with Gasteiger partial charge in [-0.05, 0) is 61.1 Å². The molecule has 0 heterocycles. The smallest absolute Gasteiger partial charge is 0.338 e. The molecule has 1 aromatic rings. The third-order valence-electron chi connectivity index (χ3n) is 8.48. The highest BCUT2D eigenvalue weighted by atomic mass is 16.5. The second-order valence-electron chi connectivity index (χ2n) is 10.5. The van der Waals surface area contributed by atoms with Gasteiger partial charge in [0, 0.05) is 17.9 Å². The van der Waals surface area contributed by atoms with Crippen LogP contribution in [0.5, 0.6) is 0 Å². The maximum atomic E-state index is 12.4. The molecule has 3 aliphatic carbocycles. The van der Waals surface area contributed by atoms with E-state index in [9.17, 15) is 20.1 Å². The predicted molar refractivity (Wildman–Crippen MR) is 123 cm³/mol. The quantitative estimate of drug-likeness (QED) is 0.475. The first-order valence-corrected chi connectivity index (χ1v) is 11.8. The number of aliphatic hydroxyl groups is 3. The normalized spacial score (nSPS) is 35.4. The Morgan fingerprint density at radius 2 is 1.88 bits per heavy atom. The summed E-state index contributed by atoms with van der Waals surface area (Å²) in [4.78, 5) is 12.4. The lowest BCUT2D eigenvalue weighted by molar-refractivity contribution is -0.0143. The molecule has 5 nitrogen and oxygen atoms in total. The standard InChI is InChI=1S/C27H36O5/c1-17(15-28)20-9-10-26(2)11-12-27(3)21(24(20)26)14-22(29)19(13-23(27)30)16-32-25(31)18-7-5-4-6-8-18/h4-8,13,17,21-23,28-30H,9-12,14-16H2,1-3H3/t17?,21-,22+,23+,26-,27-/m1/s1. The van der Waals surface area contributed by atoms with Crippen molar-refractivity contribution in [3.63, 3.8) is 0 Å². The van der Waals surface area contributed by atoms with Gasteiger partial charge in [0.2, 0.25) is 0 Å². The fraction of sp³-hybridized carbons (Fsp3) is 0.593. The summed E-state index contributed by atoms with van der Waals surface area (Å²) in [5.74, 6) is -0.325. The first-order chi connectivity index (χ1) is 15.2. The Labute approximate surface area is 190 Å². The van der Waals surface area contributed by atoms with E-state index in [1.165, 1.54) is 11.1 Å². The number of ether oxygens (including phenoxy) is 1. The molecule has 0 amide bonds. The van der Waals surface area contributed by atoms with Crippen LogP contribution in [-0.2, 0) is 4.74 Å². The van der Waals surface area contributed by atoms with Gasteiger partial charge in [-0.1, -0.05) is 56.2 Å². The summed E-state index contributed by atoms with van der Waals surface area (Å²) in [6.07, 6.45) is 4.60. The van der Waals surface area contributed by atoms with Crippen LogP contribution >= 0.6 is 0 Å². The maximum Gasteiger partial charge on any atom is 0.338 e. The van der Waals surface area contributed by atoms with Crippen molar-refractivity contribution < 1.29 is 24.9 Å². The van der Waals surface area contributed by atoms with Crippen molar-refractivity contribution in [1.82, 2.24) is 0 Å². The summed E-state index contributed by atoms with van der Waals surface area (Å²) in [5, 5.41) is 32.3. The topological polar surface area (TPSA) is 87.0 Å². The van der Waals surface area contributed by atoms with E-state index in [-0.39, 0.29) is 30.5 Å². The van der Waals surface area contributed by atoms with E-state index < -0.39 is 23.6 Å². The van der Waals surface area contributed by atoms with E-state index in [0.29, 0.717) is 17.6 Å². The van der Waals surface area contributed by atoms with Crippen molar-refractivity contribution in [3.05, 3.63) is 58.7 Å². The molecule has 0 spiro atoms. The molecule has 3 aliphatic rings. The lowest BCUT2D eigenvalue weighted by atomic mass is 9.54. The van der Waals surface area contributed by atoms with Gasteiger partial charge in [0.1, 0.15) is 6.61 Å². The molecule has 4 rings (SSSR count). The molecule has 5 heteroatoms. The van der Waals surface area contributed by atoms with E-state index in [1.807, 2.05) is 6.07 Å². The van der Waals surface area contributed by atoms with Gasteiger partial charge < -0.3 is 20.1 Å². The van der Waals surface area contributed by atoms with Crippen LogP contribution in [0, 0.1) is 22.7 Å². The number of rotatable bonds is 5. The van der Waals surface area contributed by atoms with Gasteiger partial charge >= 0.3 is 5.97 Å². The third kappa shape index (κ3) is 3.95. The Bertz CT molecular complexity index is 919. The number of benzene rings is 1. The summed E-state index contributed by atoms with van der Waals surface area (Å²) in [7, 11) is 0. The zero-order valence-electron chi connectivity index (χ0n) is 19.4. The SMILES string of the molecule is CC(CO)C1=C2[C@H]3C[C@H](O)C(COC(=O)c4ccccc4)=C[C@H](O)[C@]3(C)CC[C@@]2(C)CC1. The number of hydrogen-bond donors (Lipinski definition) is 3. The van der Waals surface area contributed by atoms with E-state index in [0.717, 1.165) is 25.7 Å². The van der Waals surface area contributed by atoms with Gasteiger partial charge in [-0.3, -0.25) is 0 Å². The first kappa shape index (κ1) is 23.2. The van der Waals surface area contributed by atoms with Crippen LogP contribution in [-0.4, -0.2) is 46.7 Å². The Balaban J connectivity index is 1.61. The van der Waals surface area contributed by atoms with Gasteiger partial charge in [0.15, 0.2) is 0 Å². The molecule has 1 unspecified atom stereocenters. The van der Waals surface area contributed by atoms with Gasteiger partial charge in [-0.25, -0.2) is 4.79 Å². The summed E-state index contributed by atoms with van der Waals surface area (Å²) < 4.78 is 5.49. The highest BCUT2D eigenvalue weighted by molar-refractivity contribution is 5.89. The van der Waals surface area contributed by atoms with Gasteiger partial charge in [-0.15, -0.1) is 0 Å². The monoisotopic (exact) mass is 440 g/mol. The van der Waals surface area contributed by atoms with Crippen LogP contribution in [0.4, 0.5) is 0 Å². The van der Waals surface area contributed by atoms with Crippen molar-refractivity contribution in [2.45, 2.75) is 65.1 Å². The second-order valence-corrected chi connectivity index (χ2v) is 10.5. The molecule has 174 valence electrons. The maximum absolute atomic E-state index is 12.4. The first-order valence-electron chi connectivity index (χ1n) is 11.8. The zero-order chi connectivity index (χ0) is 23.1. The lowest BCUT2D eigenvalue weighted by Gasteiger charge is -2.51. The molecule has 1 saturated carbocycles. The van der Waals surface area contributed by atoms with E-state index in [1.54, 1.807) is 30.3 Å². The average Bonchev–Trinajstić information content (AvgIpc) is 3.11. The molecule has 0 radical (unpaired) electrons. The molecule has 0 aromatic heterocycles. The minimum atomic E-state index is -0.791. The largest absolute Gasteiger partial charge is 0.457 e. The van der Waals surface area contributed by atoms with Crippen LogP contribution in [0.25, 0.3) is 0 Å². The summed E-state index contributed by atoms with van der Waals surface area (Å²) in [6.45, 7) is 6.57. The number of aliphatic hydroxyl groups excluding tert-OH is 3. The Morgan fingerprint density at radius 3 is 2.56 bits per heavy atom. The van der Waals surface area contributed by atoms with Crippen LogP contribution in [0.2, 0.25) is 0 Å². The van der Waals surface area contributed by atoms with Gasteiger partial charge in [0.25, 0.3) is 0 Å². The van der Waals surface area contributed by atoms with Crippen LogP contribution < -0.4 is 0 Å². The molecular formula is C27H36O5. The zero-order valence-corrected chi connectivity index (χ0v) is 19.4. The third-order valence-corrected chi connectivity index (χ3v) is 8.48. The van der Waals surface area contributed by atoms with Crippen molar-refractivity contribution in [2.75, 3.05) is 13.2 Å². The predicted octanol–water partition coefficient (Wildman–Crippen LogP) is 4.04. The molecule has 1 aromatic carbocycles. The van der Waals surface area contributed by atoms with Crippen molar-refractivity contribution in [3.8, 4) is 0 Å². The lowest BCUT2D eigenvalue weighted by Crippen LogP contribution is -2.46. The second kappa shape index (κ2) is 8.77. The fourth-order valence-electron chi connectivity index (χ4n) is 6.21. The Kier molecular flexibility index (Phi) is 6.36. The van der Waals surface area contributed by atoms with E-state index in [4.69, 9.17) is 4.74 Å². The van der Waals surface area contributed by atoms with E-state index >= 15 is 0 Å². The number of carbonyl (C=O) groups excluding carboxylic acids is 1. The average molecular weight is 441 g/mol.